The number of rotatable bonds is 0. The van der Waals surface area contributed by atoms with E-state index in [-0.39, 0.29) is 37.7 Å². The average molecular weight is 156 g/mol. The van der Waals surface area contributed by atoms with Gasteiger partial charge in [0.15, 0.2) is 0 Å². The van der Waals surface area contributed by atoms with Gasteiger partial charge in [-0.2, -0.15) is 0 Å². The van der Waals surface area contributed by atoms with E-state index in [1.54, 1.807) is 0 Å². The standard InChI is InChI=1S/Ca.H3O5P.2H/c;1-6(2,3)4-5-6;;/h;1-3H;;. The van der Waals surface area contributed by atoms with Gasteiger partial charge in [-0.05, 0) is 0 Å². The fourth-order valence-corrected chi connectivity index (χ4v) is 0.402. The van der Waals surface area contributed by atoms with Crippen molar-refractivity contribution in [2.45, 2.75) is 0 Å². The van der Waals surface area contributed by atoms with Crippen LogP contribution >= 0.6 is 7.74 Å². The molecule has 0 atom stereocenters. The second kappa shape index (κ2) is 1.73. The van der Waals surface area contributed by atoms with Crippen molar-refractivity contribution in [2.24, 2.45) is 0 Å². The Kier molecular flexibility index (Phi) is 2.10. The van der Waals surface area contributed by atoms with Crippen LogP contribution in [0.2, 0.25) is 0 Å². The van der Waals surface area contributed by atoms with E-state index in [0.29, 0.717) is 0 Å². The molecule has 42 valence electrons. The first kappa shape index (κ1) is 8.49. The topological polar surface area (TPSA) is 85.8 Å². The van der Waals surface area contributed by atoms with Crippen LogP contribution in [0.5, 0.6) is 0 Å². The molecular formula is H5CaO5P. The molecule has 1 aliphatic rings. The minimum atomic E-state index is -4.80. The SMILES string of the molecule is OP1(O)(O)OO1.[CaH2]. The Morgan fingerprint density at radius 1 is 1.00 bits per heavy atom. The van der Waals surface area contributed by atoms with Crippen LogP contribution < -0.4 is 0 Å². The molecule has 0 unspecified atom stereocenters. The Bertz CT molecular complexity index is 71.8. The Hall–Kier alpha value is 1.49. The summed E-state index contributed by atoms with van der Waals surface area (Å²) in [5.41, 5.74) is 0. The molecule has 1 rings (SSSR count). The summed E-state index contributed by atoms with van der Waals surface area (Å²) in [6, 6.07) is 0. The van der Waals surface area contributed by atoms with Crippen LogP contribution in [-0.4, -0.2) is 52.4 Å². The predicted molar refractivity (Wildman–Crippen MR) is 24.3 cm³/mol. The fourth-order valence-electron chi connectivity index (χ4n) is 0.0447. The normalized spacial score (nSPS) is 36.7. The molecule has 3 N–H and O–H groups in total. The molecule has 0 aromatic heterocycles. The third-order valence-electron chi connectivity index (χ3n) is 0.275. The summed E-state index contributed by atoms with van der Waals surface area (Å²) in [6.45, 7) is 0. The molecule has 1 saturated heterocycles. The van der Waals surface area contributed by atoms with Gasteiger partial charge in [-0.1, -0.05) is 0 Å². The Balaban J connectivity index is 0.000000360. The van der Waals surface area contributed by atoms with Crippen LogP contribution in [0.25, 0.3) is 0 Å². The van der Waals surface area contributed by atoms with Crippen molar-refractivity contribution in [3.63, 3.8) is 0 Å². The van der Waals surface area contributed by atoms with Crippen LogP contribution in [0.15, 0.2) is 0 Å². The Labute approximate surface area is 69.1 Å². The first-order valence-corrected chi connectivity index (χ1v) is 3.06. The van der Waals surface area contributed by atoms with Gasteiger partial charge in [0, 0.05) is 0 Å². The zero-order valence-electron chi connectivity index (χ0n) is 2.61. The van der Waals surface area contributed by atoms with E-state index in [9.17, 15) is 0 Å². The van der Waals surface area contributed by atoms with Gasteiger partial charge in [0.25, 0.3) is 0 Å². The number of hydrogen-bond donors (Lipinski definition) is 3. The summed E-state index contributed by atoms with van der Waals surface area (Å²) in [4.78, 5) is 23.7. The molecule has 7 heavy (non-hydrogen) atoms. The summed E-state index contributed by atoms with van der Waals surface area (Å²) in [5.74, 6) is 0. The molecule has 0 amide bonds. The van der Waals surface area contributed by atoms with Crippen LogP contribution in [0.4, 0.5) is 0 Å². The zero-order valence-corrected chi connectivity index (χ0v) is 3.50. The van der Waals surface area contributed by atoms with E-state index < -0.39 is 7.74 Å². The fraction of sp³-hybridized carbons (Fsp3) is 0. The van der Waals surface area contributed by atoms with Crippen molar-refractivity contribution in [1.29, 1.82) is 0 Å². The van der Waals surface area contributed by atoms with E-state index in [1.165, 1.54) is 0 Å². The van der Waals surface area contributed by atoms with E-state index in [2.05, 4.69) is 9.35 Å². The third kappa shape index (κ3) is 3.13. The van der Waals surface area contributed by atoms with Gasteiger partial charge < -0.3 is 0 Å². The molecule has 1 aliphatic heterocycles. The summed E-state index contributed by atoms with van der Waals surface area (Å²) in [5, 5.41) is 0. The zero-order chi connectivity index (χ0) is 4.86. The summed E-state index contributed by atoms with van der Waals surface area (Å²) in [6.07, 6.45) is 0. The molecule has 5 nitrogen and oxygen atoms in total. The van der Waals surface area contributed by atoms with Crippen molar-refractivity contribution >= 4 is 45.5 Å². The van der Waals surface area contributed by atoms with Crippen molar-refractivity contribution in [3.8, 4) is 0 Å². The van der Waals surface area contributed by atoms with Gasteiger partial charge in [-0.25, -0.2) is 0 Å². The molecular weight excluding hydrogens is 151 g/mol. The van der Waals surface area contributed by atoms with E-state index in [4.69, 9.17) is 14.7 Å². The van der Waals surface area contributed by atoms with Crippen molar-refractivity contribution in [3.05, 3.63) is 0 Å². The molecule has 0 aromatic carbocycles. The van der Waals surface area contributed by atoms with Gasteiger partial charge >= 0.3 is 69.5 Å². The summed E-state index contributed by atoms with van der Waals surface area (Å²) >= 11 is 0. The number of hydrogen-bond acceptors (Lipinski definition) is 5. The van der Waals surface area contributed by atoms with Crippen molar-refractivity contribution in [2.75, 3.05) is 0 Å². The Morgan fingerprint density at radius 2 is 1.14 bits per heavy atom. The van der Waals surface area contributed by atoms with Gasteiger partial charge in [0.05, 0.1) is 0 Å². The summed E-state index contributed by atoms with van der Waals surface area (Å²) in [7, 11) is -4.80. The quantitative estimate of drug-likeness (QED) is 0.166. The molecule has 0 saturated carbocycles. The monoisotopic (exact) mass is 156 g/mol. The van der Waals surface area contributed by atoms with Gasteiger partial charge in [0.1, 0.15) is 0 Å². The Morgan fingerprint density at radius 3 is 1.14 bits per heavy atom. The van der Waals surface area contributed by atoms with Crippen molar-refractivity contribution < 1.29 is 24.0 Å². The third-order valence-corrected chi connectivity index (χ3v) is 0.824. The van der Waals surface area contributed by atoms with Crippen LogP contribution in [0.3, 0.4) is 0 Å². The van der Waals surface area contributed by atoms with Crippen molar-refractivity contribution in [1.82, 2.24) is 0 Å². The summed E-state index contributed by atoms with van der Waals surface area (Å²) < 4.78 is 6.76. The van der Waals surface area contributed by atoms with Gasteiger partial charge in [-0.15, -0.1) is 0 Å². The van der Waals surface area contributed by atoms with E-state index in [1.807, 2.05) is 0 Å². The molecule has 1 fully saturated rings. The van der Waals surface area contributed by atoms with Crippen LogP contribution in [0, 0.1) is 0 Å². The van der Waals surface area contributed by atoms with Crippen LogP contribution in [-0.2, 0) is 9.35 Å². The first-order valence-electron chi connectivity index (χ1n) is 1.13. The molecule has 0 aliphatic carbocycles. The second-order valence-corrected chi connectivity index (χ2v) is 2.95. The predicted octanol–water partition coefficient (Wildman–Crippen LogP) is -1.86. The first-order chi connectivity index (χ1) is 2.47. The van der Waals surface area contributed by atoms with E-state index >= 15 is 0 Å². The second-order valence-electron chi connectivity index (χ2n) is 0.982. The van der Waals surface area contributed by atoms with Crippen LogP contribution in [0.1, 0.15) is 0 Å². The van der Waals surface area contributed by atoms with Gasteiger partial charge in [0.2, 0.25) is 0 Å². The molecule has 7 heteroatoms. The van der Waals surface area contributed by atoms with Gasteiger partial charge in [-0.3, -0.25) is 0 Å². The molecule has 0 aromatic rings. The average Bonchev–Trinajstić information content (AvgIpc) is 1.73. The maximum atomic E-state index is 7.89. The maximum absolute atomic E-state index is 7.89. The van der Waals surface area contributed by atoms with E-state index in [0.717, 1.165) is 0 Å². The molecule has 0 spiro atoms. The molecule has 0 bridgehead atoms. The molecule has 0 radical (unpaired) electrons. The minimum absolute atomic E-state index is 0. The molecule has 1 heterocycles.